The Kier molecular flexibility index (Phi) is 12.1. The van der Waals surface area contributed by atoms with E-state index in [1.54, 1.807) is 35.4 Å². The molecule has 8 atom stereocenters. The topological polar surface area (TPSA) is 52.3 Å². The summed E-state index contributed by atoms with van der Waals surface area (Å²) in [6.45, 7) is 18.1. The van der Waals surface area contributed by atoms with E-state index in [1.807, 2.05) is 13.8 Å². The van der Waals surface area contributed by atoms with Crippen LogP contribution in [-0.2, 0) is 9.53 Å². The molecule has 0 aromatic rings. The van der Waals surface area contributed by atoms with Crippen molar-refractivity contribution in [2.45, 2.75) is 132 Å². The molecular weight excluding hydrogens is 545 g/mol. The summed E-state index contributed by atoms with van der Waals surface area (Å²) in [5.41, 5.74) is 2.53. The van der Waals surface area contributed by atoms with Crippen LogP contribution in [0.25, 0.3) is 0 Å². The Balaban J connectivity index is 0.00000103. The van der Waals surface area contributed by atoms with E-state index in [2.05, 4.69) is 44.6 Å². The van der Waals surface area contributed by atoms with Gasteiger partial charge in [0.15, 0.2) is 0 Å². The van der Waals surface area contributed by atoms with Gasteiger partial charge < -0.3 is 4.74 Å². The second-order valence-corrected chi connectivity index (χ2v) is 12.8. The fourth-order valence-electron chi connectivity index (χ4n) is 8.99. The van der Waals surface area contributed by atoms with E-state index in [9.17, 15) is 4.79 Å². The molecule has 3 nitrogen and oxygen atoms in total. The highest BCUT2D eigenvalue weighted by Gasteiger charge is 2.59. The van der Waals surface area contributed by atoms with Crippen molar-refractivity contribution in [3.05, 3.63) is 11.6 Å². The standard InChI is InChI=1S/C29H48O2.C2H6.H2IN/c1-19(2)8-7-9-20(3)25-12-13-26-24-11-10-22-18-23(31-21(4)30)14-16-28(22,5)27(24)15-17-29(25,26)6;2*1-2/h10,19-20,23-27H,7-9,11-18H2,1-6H3;1-2H3;2H2/t20-,23?,24?,25-,26+,27+,28?,29?;;/m1../s1. The minimum atomic E-state index is -0.115. The minimum Gasteiger partial charge on any atom is -0.462 e. The molecule has 0 saturated heterocycles. The van der Waals surface area contributed by atoms with Gasteiger partial charge in [-0.2, -0.15) is 0 Å². The number of carbonyl (C=O) groups is 1. The zero-order valence-electron chi connectivity index (χ0n) is 24.2. The van der Waals surface area contributed by atoms with Crippen LogP contribution in [0, 0.1) is 46.3 Å². The van der Waals surface area contributed by atoms with Gasteiger partial charge in [-0.3, -0.25) is 8.74 Å². The number of allylic oxidation sites excluding steroid dienone is 1. The third kappa shape index (κ3) is 6.67. The summed E-state index contributed by atoms with van der Waals surface area (Å²) in [7, 11) is 0. The molecule has 0 aromatic carbocycles. The molecule has 0 aromatic heterocycles. The number of fused-ring (bicyclic) bond motifs is 5. The summed E-state index contributed by atoms with van der Waals surface area (Å²) in [5.74, 6) is 5.19. The van der Waals surface area contributed by atoms with Crippen molar-refractivity contribution in [3.8, 4) is 0 Å². The zero-order valence-corrected chi connectivity index (χ0v) is 26.3. The third-order valence-electron chi connectivity index (χ3n) is 10.6. The first-order valence-electron chi connectivity index (χ1n) is 14.7. The fourth-order valence-corrected chi connectivity index (χ4v) is 8.99. The molecule has 0 radical (unpaired) electrons. The van der Waals surface area contributed by atoms with Gasteiger partial charge in [-0.05, 0) is 91.3 Å². The van der Waals surface area contributed by atoms with E-state index in [0.717, 1.165) is 48.3 Å². The smallest absolute Gasteiger partial charge is 0.302 e. The van der Waals surface area contributed by atoms with Gasteiger partial charge in [-0.1, -0.05) is 79.4 Å². The lowest BCUT2D eigenvalue weighted by Crippen LogP contribution is -2.51. The Bertz CT molecular complexity index is 706. The zero-order chi connectivity index (χ0) is 26.4. The molecule has 0 spiro atoms. The molecular formula is C31H56INO2. The van der Waals surface area contributed by atoms with Crippen LogP contribution in [0.15, 0.2) is 11.6 Å². The number of hydrogen-bond acceptors (Lipinski definition) is 3. The summed E-state index contributed by atoms with van der Waals surface area (Å²) < 4.78 is 10.1. The summed E-state index contributed by atoms with van der Waals surface area (Å²) in [5, 5.41) is 0. The Morgan fingerprint density at radius 3 is 2.37 bits per heavy atom. The SMILES string of the molecule is CC.CC(=O)OC1CCC2(C)C(=CCC3[C@@H]2CCC2(C)[C@@H]([C@H](C)CCCC(C)C)CC[C@@H]32)C1.NI. The Hall–Kier alpha value is -0.100. The molecule has 204 valence electrons. The second kappa shape index (κ2) is 13.6. The van der Waals surface area contributed by atoms with Crippen molar-refractivity contribution < 1.29 is 9.53 Å². The highest BCUT2D eigenvalue weighted by Crippen LogP contribution is 2.67. The van der Waals surface area contributed by atoms with Crippen molar-refractivity contribution in [1.82, 2.24) is 0 Å². The van der Waals surface area contributed by atoms with E-state index in [1.165, 1.54) is 57.8 Å². The van der Waals surface area contributed by atoms with Crippen molar-refractivity contribution in [2.75, 3.05) is 0 Å². The molecule has 0 bridgehead atoms. The predicted octanol–water partition coefficient (Wildman–Crippen LogP) is 9.28. The van der Waals surface area contributed by atoms with Gasteiger partial charge in [-0.25, -0.2) is 0 Å². The lowest BCUT2D eigenvalue weighted by atomic mass is 9.47. The highest BCUT2D eigenvalue weighted by atomic mass is 127. The van der Waals surface area contributed by atoms with Crippen molar-refractivity contribution in [2.24, 2.45) is 50.3 Å². The molecule has 4 aliphatic rings. The molecule has 4 heteroatoms. The number of rotatable bonds is 6. The molecule has 0 amide bonds. The second-order valence-electron chi connectivity index (χ2n) is 12.8. The fraction of sp³-hybridized carbons (Fsp3) is 0.903. The number of nitrogens with two attached hydrogens (primary N) is 1. The van der Waals surface area contributed by atoms with Crippen LogP contribution in [0.1, 0.15) is 126 Å². The van der Waals surface area contributed by atoms with Gasteiger partial charge in [0.2, 0.25) is 0 Å². The monoisotopic (exact) mass is 601 g/mol. The van der Waals surface area contributed by atoms with Gasteiger partial charge in [0.25, 0.3) is 0 Å². The first kappa shape index (κ1) is 31.1. The maximum absolute atomic E-state index is 11.5. The van der Waals surface area contributed by atoms with Crippen LogP contribution in [0.3, 0.4) is 0 Å². The molecule has 4 rings (SSSR count). The molecule has 0 aliphatic heterocycles. The quantitative estimate of drug-likeness (QED) is 0.143. The average Bonchev–Trinajstić information content (AvgIpc) is 3.18. The van der Waals surface area contributed by atoms with Crippen LogP contribution in [-0.4, -0.2) is 12.1 Å². The molecule has 3 fully saturated rings. The normalized spacial score (nSPS) is 38.4. The van der Waals surface area contributed by atoms with Crippen molar-refractivity contribution in [1.29, 1.82) is 0 Å². The van der Waals surface area contributed by atoms with Gasteiger partial charge in [0, 0.05) is 36.2 Å². The van der Waals surface area contributed by atoms with Gasteiger partial charge in [0.1, 0.15) is 6.10 Å². The first-order chi connectivity index (χ1) is 16.6. The summed E-state index contributed by atoms with van der Waals surface area (Å²) >= 11 is 1.65. The molecule has 0 heterocycles. The van der Waals surface area contributed by atoms with E-state index >= 15 is 0 Å². The lowest BCUT2D eigenvalue weighted by Gasteiger charge is -2.58. The van der Waals surface area contributed by atoms with Crippen molar-refractivity contribution >= 4 is 28.8 Å². The third-order valence-corrected chi connectivity index (χ3v) is 10.6. The van der Waals surface area contributed by atoms with Crippen LogP contribution < -0.4 is 3.95 Å². The molecule has 2 N–H and O–H groups in total. The Morgan fingerprint density at radius 2 is 1.74 bits per heavy atom. The highest BCUT2D eigenvalue weighted by molar-refractivity contribution is 14.1. The summed E-state index contributed by atoms with van der Waals surface area (Å²) in [6.07, 6.45) is 17.2. The number of halogens is 1. The Labute approximate surface area is 231 Å². The molecule has 35 heavy (non-hydrogen) atoms. The number of hydrogen-bond donors (Lipinski definition) is 1. The van der Waals surface area contributed by atoms with Crippen LogP contribution >= 0.6 is 22.9 Å². The minimum absolute atomic E-state index is 0.115. The van der Waals surface area contributed by atoms with E-state index in [4.69, 9.17) is 4.74 Å². The van der Waals surface area contributed by atoms with E-state index < -0.39 is 0 Å². The van der Waals surface area contributed by atoms with Gasteiger partial charge in [0.05, 0.1) is 0 Å². The summed E-state index contributed by atoms with van der Waals surface area (Å²) in [4.78, 5) is 11.5. The maximum Gasteiger partial charge on any atom is 0.302 e. The van der Waals surface area contributed by atoms with Crippen LogP contribution in [0.5, 0.6) is 0 Å². The van der Waals surface area contributed by atoms with Gasteiger partial charge >= 0.3 is 5.97 Å². The number of ether oxygens (including phenoxy) is 1. The molecule has 4 unspecified atom stereocenters. The largest absolute Gasteiger partial charge is 0.462 e. The van der Waals surface area contributed by atoms with Gasteiger partial charge in [-0.15, -0.1) is 0 Å². The predicted molar refractivity (Wildman–Crippen MR) is 158 cm³/mol. The van der Waals surface area contributed by atoms with Crippen LogP contribution in [0.2, 0.25) is 0 Å². The van der Waals surface area contributed by atoms with Crippen molar-refractivity contribution in [3.63, 3.8) is 0 Å². The van der Waals surface area contributed by atoms with E-state index in [0.29, 0.717) is 10.8 Å². The van der Waals surface area contributed by atoms with Crippen LogP contribution in [0.4, 0.5) is 0 Å². The molecule has 4 aliphatic carbocycles. The molecule has 3 saturated carbocycles. The first-order valence-corrected chi connectivity index (χ1v) is 16.0. The maximum atomic E-state index is 11.5. The lowest BCUT2D eigenvalue weighted by molar-refractivity contribution is -0.148. The number of carbonyl (C=O) groups excluding carboxylic acids is 1. The number of esters is 1. The average molecular weight is 602 g/mol. The van der Waals surface area contributed by atoms with E-state index in [-0.39, 0.29) is 12.1 Å². The summed E-state index contributed by atoms with van der Waals surface area (Å²) in [6, 6.07) is 0. The Morgan fingerprint density at radius 1 is 1.06 bits per heavy atom.